The number of hydrogen-bond acceptors (Lipinski definition) is 5. The number of H-pyrrole nitrogens is 1. The summed E-state index contributed by atoms with van der Waals surface area (Å²) < 4.78 is 0. The van der Waals surface area contributed by atoms with Gasteiger partial charge in [0.25, 0.3) is 0 Å². The largest absolute Gasteiger partial charge is 0.345 e. The van der Waals surface area contributed by atoms with E-state index in [1.807, 2.05) is 12.4 Å². The predicted octanol–water partition coefficient (Wildman–Crippen LogP) is 4.34. The Morgan fingerprint density at radius 2 is 2.08 bits per heavy atom. The highest BCUT2D eigenvalue weighted by atomic mass is 32.1. The van der Waals surface area contributed by atoms with Gasteiger partial charge < -0.3 is 10.3 Å². The lowest BCUT2D eigenvalue weighted by atomic mass is 9.84. The standard InChI is InChI=1S/C20H22N4OS/c25-14-5-3-12(4-6-14)13-8-15-16(10-23-19(15)22-9-13)18-11-26-20(24-18)17-2-1-7-21-17/h8-12,17,21H,1-7H2,(H,22,23). The Bertz CT molecular complexity index is 944. The van der Waals surface area contributed by atoms with Gasteiger partial charge >= 0.3 is 0 Å². The molecule has 0 amide bonds. The predicted molar refractivity (Wildman–Crippen MR) is 103 cm³/mol. The second-order valence-corrected chi connectivity index (χ2v) is 8.29. The number of aromatic nitrogens is 3. The molecule has 2 N–H and O–H groups in total. The smallest absolute Gasteiger partial charge is 0.137 e. The number of pyridine rings is 1. The van der Waals surface area contributed by atoms with Crippen LogP contribution in [0.25, 0.3) is 22.3 Å². The molecule has 4 heterocycles. The van der Waals surface area contributed by atoms with Crippen LogP contribution in [0, 0.1) is 0 Å². The first-order valence-corrected chi connectivity index (χ1v) is 10.3. The van der Waals surface area contributed by atoms with Gasteiger partial charge in [-0.25, -0.2) is 9.97 Å². The lowest BCUT2D eigenvalue weighted by molar-refractivity contribution is -0.120. The molecule has 1 saturated carbocycles. The second-order valence-electron chi connectivity index (χ2n) is 7.40. The molecule has 3 aromatic rings. The summed E-state index contributed by atoms with van der Waals surface area (Å²) >= 11 is 1.74. The third-order valence-electron chi connectivity index (χ3n) is 5.72. The van der Waals surface area contributed by atoms with Crippen LogP contribution in [0.3, 0.4) is 0 Å². The van der Waals surface area contributed by atoms with E-state index in [1.54, 1.807) is 11.3 Å². The molecule has 5 nitrogen and oxygen atoms in total. The fourth-order valence-electron chi connectivity index (χ4n) is 4.19. The van der Waals surface area contributed by atoms with E-state index in [4.69, 9.17) is 4.98 Å². The maximum Gasteiger partial charge on any atom is 0.137 e. The van der Waals surface area contributed by atoms with E-state index < -0.39 is 0 Å². The summed E-state index contributed by atoms with van der Waals surface area (Å²) in [6.45, 7) is 1.09. The summed E-state index contributed by atoms with van der Waals surface area (Å²) in [7, 11) is 0. The summed E-state index contributed by atoms with van der Waals surface area (Å²) in [5.41, 5.74) is 4.31. The first kappa shape index (κ1) is 16.1. The van der Waals surface area contributed by atoms with Gasteiger partial charge in [0, 0.05) is 41.6 Å². The van der Waals surface area contributed by atoms with Crippen LogP contribution < -0.4 is 5.32 Å². The van der Waals surface area contributed by atoms with Crippen LogP contribution in [0.1, 0.15) is 61.1 Å². The van der Waals surface area contributed by atoms with Crippen molar-refractivity contribution >= 4 is 28.2 Å². The molecule has 1 saturated heterocycles. The molecule has 0 aromatic carbocycles. The Labute approximate surface area is 156 Å². The molecular formula is C20H22N4OS. The van der Waals surface area contributed by atoms with Gasteiger partial charge in [-0.2, -0.15) is 0 Å². The zero-order chi connectivity index (χ0) is 17.5. The second kappa shape index (κ2) is 6.59. The van der Waals surface area contributed by atoms with Gasteiger partial charge in [-0.05, 0) is 49.8 Å². The number of Topliss-reactive ketones (excluding diaryl/α,β-unsaturated/α-hetero) is 1. The number of rotatable bonds is 3. The summed E-state index contributed by atoms with van der Waals surface area (Å²) in [4.78, 5) is 24.3. The lowest BCUT2D eigenvalue weighted by Crippen LogP contribution is -2.12. The van der Waals surface area contributed by atoms with E-state index in [0.717, 1.165) is 41.7 Å². The molecule has 0 radical (unpaired) electrons. The summed E-state index contributed by atoms with van der Waals surface area (Å²) in [6, 6.07) is 2.66. The molecule has 1 aliphatic carbocycles. The van der Waals surface area contributed by atoms with Crippen molar-refractivity contribution in [1.82, 2.24) is 20.3 Å². The first-order valence-electron chi connectivity index (χ1n) is 9.46. The van der Waals surface area contributed by atoms with E-state index in [-0.39, 0.29) is 0 Å². The van der Waals surface area contributed by atoms with Crippen molar-refractivity contribution in [3.63, 3.8) is 0 Å². The Balaban J connectivity index is 1.48. The van der Waals surface area contributed by atoms with Crippen molar-refractivity contribution in [2.24, 2.45) is 0 Å². The van der Waals surface area contributed by atoms with Crippen molar-refractivity contribution in [2.45, 2.75) is 50.5 Å². The van der Waals surface area contributed by atoms with Gasteiger partial charge in [0.15, 0.2) is 0 Å². The number of carbonyl (C=O) groups excluding carboxylic acids is 1. The van der Waals surface area contributed by atoms with Gasteiger partial charge in [0.05, 0.1) is 11.7 Å². The molecule has 0 spiro atoms. The molecule has 0 bridgehead atoms. The summed E-state index contributed by atoms with van der Waals surface area (Å²) in [5, 5.41) is 8.00. The van der Waals surface area contributed by atoms with Crippen molar-refractivity contribution in [3.8, 4) is 11.3 Å². The van der Waals surface area contributed by atoms with Crippen molar-refractivity contribution in [3.05, 3.63) is 34.4 Å². The SMILES string of the molecule is O=C1CCC(c2cnc3[nH]cc(-c4csc(C5CCCN5)n4)c3c2)CC1. The molecule has 26 heavy (non-hydrogen) atoms. The Kier molecular flexibility index (Phi) is 4.10. The van der Waals surface area contributed by atoms with E-state index >= 15 is 0 Å². The quantitative estimate of drug-likeness (QED) is 0.723. The van der Waals surface area contributed by atoms with Crippen LogP contribution >= 0.6 is 11.3 Å². The third kappa shape index (κ3) is 2.87. The normalized spacial score (nSPS) is 21.7. The van der Waals surface area contributed by atoms with Gasteiger partial charge in [-0.15, -0.1) is 11.3 Å². The van der Waals surface area contributed by atoms with E-state index in [2.05, 4.69) is 26.7 Å². The number of aromatic amines is 1. The maximum atomic E-state index is 11.5. The van der Waals surface area contributed by atoms with Gasteiger partial charge in [0.1, 0.15) is 16.4 Å². The minimum atomic E-state index is 0.396. The number of hydrogen-bond donors (Lipinski definition) is 2. The fourth-order valence-corrected chi connectivity index (χ4v) is 5.12. The molecule has 1 unspecified atom stereocenters. The molecular weight excluding hydrogens is 344 g/mol. The zero-order valence-electron chi connectivity index (χ0n) is 14.6. The highest BCUT2D eigenvalue weighted by molar-refractivity contribution is 7.10. The van der Waals surface area contributed by atoms with Crippen LogP contribution in [0.5, 0.6) is 0 Å². The Morgan fingerprint density at radius 1 is 1.19 bits per heavy atom. The minimum absolute atomic E-state index is 0.396. The van der Waals surface area contributed by atoms with Crippen LogP contribution in [0.4, 0.5) is 0 Å². The van der Waals surface area contributed by atoms with Crippen molar-refractivity contribution < 1.29 is 4.79 Å². The van der Waals surface area contributed by atoms with E-state index in [0.29, 0.717) is 30.6 Å². The summed E-state index contributed by atoms with van der Waals surface area (Å²) in [6.07, 6.45) is 9.68. The molecule has 6 heteroatoms. The maximum absolute atomic E-state index is 11.5. The number of fused-ring (bicyclic) bond motifs is 1. The highest BCUT2D eigenvalue weighted by Gasteiger charge is 2.23. The van der Waals surface area contributed by atoms with Crippen LogP contribution in [0.15, 0.2) is 23.8 Å². The topological polar surface area (TPSA) is 70.7 Å². The zero-order valence-corrected chi connectivity index (χ0v) is 15.4. The fraction of sp³-hybridized carbons (Fsp3) is 0.450. The molecule has 2 fully saturated rings. The Hall–Kier alpha value is -2.05. The van der Waals surface area contributed by atoms with Gasteiger partial charge in [-0.1, -0.05) is 0 Å². The molecule has 5 rings (SSSR count). The molecule has 2 aliphatic rings. The number of nitrogens with zero attached hydrogens (tertiary/aromatic N) is 2. The van der Waals surface area contributed by atoms with Crippen molar-refractivity contribution in [1.29, 1.82) is 0 Å². The number of ketones is 1. The third-order valence-corrected chi connectivity index (χ3v) is 6.68. The molecule has 1 atom stereocenters. The Morgan fingerprint density at radius 3 is 2.88 bits per heavy atom. The minimum Gasteiger partial charge on any atom is -0.345 e. The van der Waals surface area contributed by atoms with Gasteiger partial charge in [-0.3, -0.25) is 4.79 Å². The number of thiazole rings is 1. The van der Waals surface area contributed by atoms with Crippen LogP contribution in [-0.2, 0) is 4.79 Å². The average Bonchev–Trinajstić information content (AvgIpc) is 3.41. The van der Waals surface area contributed by atoms with Crippen LogP contribution in [0.2, 0.25) is 0 Å². The lowest BCUT2D eigenvalue weighted by Gasteiger charge is -2.21. The number of carbonyl (C=O) groups is 1. The molecule has 3 aromatic heterocycles. The summed E-state index contributed by atoms with van der Waals surface area (Å²) in [5.74, 6) is 0.842. The molecule has 1 aliphatic heterocycles. The first-order chi connectivity index (χ1) is 12.8. The van der Waals surface area contributed by atoms with E-state index in [1.165, 1.54) is 23.4 Å². The van der Waals surface area contributed by atoms with Gasteiger partial charge in [0.2, 0.25) is 0 Å². The molecule has 134 valence electrons. The average molecular weight is 366 g/mol. The van der Waals surface area contributed by atoms with Crippen LogP contribution in [-0.4, -0.2) is 27.3 Å². The van der Waals surface area contributed by atoms with Crippen molar-refractivity contribution in [2.75, 3.05) is 6.54 Å². The highest BCUT2D eigenvalue weighted by Crippen LogP contribution is 2.36. The monoisotopic (exact) mass is 366 g/mol. The van der Waals surface area contributed by atoms with E-state index in [9.17, 15) is 4.79 Å². The number of nitrogens with one attached hydrogen (secondary N) is 2.